The smallest absolute Gasteiger partial charge is 0.272 e. The second-order valence-electron chi connectivity index (χ2n) is 5.55. The maximum Gasteiger partial charge on any atom is 0.272 e. The highest BCUT2D eigenvalue weighted by atomic mass is 35.5. The van der Waals surface area contributed by atoms with Crippen LogP contribution >= 0.6 is 23.2 Å². The first-order valence-corrected chi connectivity index (χ1v) is 8.31. The highest BCUT2D eigenvalue weighted by molar-refractivity contribution is 6.32. The zero-order valence-corrected chi connectivity index (χ0v) is 14.1. The summed E-state index contributed by atoms with van der Waals surface area (Å²) in [7, 11) is 0. The molecule has 0 atom stereocenters. The Kier molecular flexibility index (Phi) is 3.79. The second-order valence-corrected chi connectivity index (χ2v) is 6.40. The predicted molar refractivity (Wildman–Crippen MR) is 95.1 cm³/mol. The van der Waals surface area contributed by atoms with Gasteiger partial charge in [-0.25, -0.2) is 4.68 Å². The number of nitrogens with one attached hydrogen (secondary N) is 1. The predicted octanol–water partition coefficient (Wildman–Crippen LogP) is 4.13. The zero-order valence-electron chi connectivity index (χ0n) is 12.6. The van der Waals surface area contributed by atoms with E-state index in [1.165, 1.54) is 0 Å². The summed E-state index contributed by atoms with van der Waals surface area (Å²) in [6.45, 7) is 0.598. The largest absolute Gasteiger partial charge is 0.350 e. The fourth-order valence-electron chi connectivity index (χ4n) is 2.96. The normalized spacial score (nSPS) is 13.5. The molecule has 2 heterocycles. The molecule has 6 heteroatoms. The van der Waals surface area contributed by atoms with Gasteiger partial charge in [0.15, 0.2) is 5.69 Å². The minimum atomic E-state index is -0.155. The Morgan fingerprint density at radius 1 is 1.04 bits per heavy atom. The van der Waals surface area contributed by atoms with Gasteiger partial charge in [0.25, 0.3) is 5.91 Å². The molecule has 3 aromatic rings. The summed E-state index contributed by atoms with van der Waals surface area (Å²) in [5.41, 5.74) is 3.95. The number of para-hydroxylation sites is 1. The van der Waals surface area contributed by atoms with Crippen LogP contribution in [0.3, 0.4) is 0 Å². The average molecular weight is 358 g/mol. The number of nitrogens with zero attached hydrogens (tertiary/aromatic N) is 2. The van der Waals surface area contributed by atoms with E-state index in [-0.39, 0.29) is 5.91 Å². The first-order valence-electron chi connectivity index (χ1n) is 7.56. The van der Waals surface area contributed by atoms with E-state index in [4.69, 9.17) is 23.2 Å². The number of amides is 1. The van der Waals surface area contributed by atoms with Crippen LogP contribution in [0.1, 0.15) is 16.1 Å². The minimum absolute atomic E-state index is 0.155. The van der Waals surface area contributed by atoms with Crippen molar-refractivity contribution in [2.75, 3.05) is 6.54 Å². The van der Waals surface area contributed by atoms with E-state index in [0.717, 1.165) is 28.9 Å². The van der Waals surface area contributed by atoms with E-state index >= 15 is 0 Å². The fraction of sp³-hybridized carbons (Fsp3) is 0.111. The third-order valence-corrected chi connectivity index (χ3v) is 4.63. The Bertz CT molecular complexity index is 932. The van der Waals surface area contributed by atoms with Crippen molar-refractivity contribution in [3.63, 3.8) is 0 Å². The molecular weight excluding hydrogens is 345 g/mol. The molecule has 1 aromatic heterocycles. The molecule has 0 radical (unpaired) electrons. The van der Waals surface area contributed by atoms with Crippen molar-refractivity contribution in [2.24, 2.45) is 0 Å². The first-order chi connectivity index (χ1) is 11.6. The molecular formula is C18H13Cl2N3O. The van der Waals surface area contributed by atoms with Gasteiger partial charge in [-0.15, -0.1) is 0 Å². The number of fused-ring (bicyclic) bond motifs is 1. The quantitative estimate of drug-likeness (QED) is 0.749. The molecule has 1 aliphatic rings. The van der Waals surface area contributed by atoms with E-state index in [2.05, 4.69) is 10.4 Å². The minimum Gasteiger partial charge on any atom is -0.350 e. The van der Waals surface area contributed by atoms with Crippen molar-refractivity contribution in [3.05, 3.63) is 69.8 Å². The van der Waals surface area contributed by atoms with Crippen LogP contribution in [0.2, 0.25) is 10.0 Å². The van der Waals surface area contributed by atoms with Gasteiger partial charge in [0.1, 0.15) is 0 Å². The van der Waals surface area contributed by atoms with Crippen molar-refractivity contribution >= 4 is 29.1 Å². The molecule has 2 aromatic carbocycles. The molecule has 0 fully saturated rings. The van der Waals surface area contributed by atoms with E-state index in [9.17, 15) is 4.79 Å². The van der Waals surface area contributed by atoms with E-state index < -0.39 is 0 Å². The highest BCUT2D eigenvalue weighted by Crippen LogP contribution is 2.33. The lowest BCUT2D eigenvalue weighted by Crippen LogP contribution is -2.31. The van der Waals surface area contributed by atoms with Crippen molar-refractivity contribution in [1.29, 1.82) is 0 Å². The number of halogens is 2. The summed E-state index contributed by atoms with van der Waals surface area (Å²) in [4.78, 5) is 12.2. The van der Waals surface area contributed by atoms with Gasteiger partial charge >= 0.3 is 0 Å². The summed E-state index contributed by atoms with van der Waals surface area (Å²) in [6.07, 6.45) is 0.726. The van der Waals surface area contributed by atoms with Crippen molar-refractivity contribution in [3.8, 4) is 16.9 Å². The maximum atomic E-state index is 12.2. The third kappa shape index (κ3) is 2.48. The highest BCUT2D eigenvalue weighted by Gasteiger charge is 2.27. The van der Waals surface area contributed by atoms with Gasteiger partial charge in [0.2, 0.25) is 0 Å². The SMILES string of the molecule is O=C1NCCc2c1nn(-c1ccccc1Cl)c2-c1ccc(Cl)cc1. The van der Waals surface area contributed by atoms with E-state index in [0.29, 0.717) is 22.3 Å². The Labute approximate surface area is 149 Å². The number of hydrogen-bond acceptors (Lipinski definition) is 2. The lowest BCUT2D eigenvalue weighted by atomic mass is 10.0. The van der Waals surface area contributed by atoms with Crippen LogP contribution in [0, 0.1) is 0 Å². The maximum absolute atomic E-state index is 12.2. The fourth-order valence-corrected chi connectivity index (χ4v) is 3.30. The number of carbonyl (C=O) groups is 1. The van der Waals surface area contributed by atoms with Crippen LogP contribution in [-0.2, 0) is 6.42 Å². The second kappa shape index (κ2) is 5.96. The van der Waals surface area contributed by atoms with Crippen LogP contribution in [0.4, 0.5) is 0 Å². The van der Waals surface area contributed by atoms with E-state index in [1.807, 2.05) is 48.5 Å². The molecule has 0 aliphatic carbocycles. The Balaban J connectivity index is 2.01. The Morgan fingerprint density at radius 3 is 2.54 bits per heavy atom. The van der Waals surface area contributed by atoms with E-state index in [1.54, 1.807) is 4.68 Å². The molecule has 1 aliphatic heterocycles. The number of benzene rings is 2. The lowest BCUT2D eigenvalue weighted by Gasteiger charge is -2.13. The summed E-state index contributed by atoms with van der Waals surface area (Å²) in [6, 6.07) is 15.0. The molecule has 4 nitrogen and oxygen atoms in total. The van der Waals surface area contributed by atoms with Gasteiger partial charge in [0, 0.05) is 22.7 Å². The van der Waals surface area contributed by atoms with Crippen LogP contribution in [0.15, 0.2) is 48.5 Å². The van der Waals surface area contributed by atoms with Gasteiger partial charge < -0.3 is 5.32 Å². The van der Waals surface area contributed by atoms with Crippen molar-refractivity contribution in [1.82, 2.24) is 15.1 Å². The number of hydrogen-bond donors (Lipinski definition) is 1. The van der Waals surface area contributed by atoms with Gasteiger partial charge in [0.05, 0.1) is 16.4 Å². The summed E-state index contributed by atoms with van der Waals surface area (Å²) in [5, 5.41) is 8.62. The molecule has 24 heavy (non-hydrogen) atoms. The molecule has 1 amide bonds. The average Bonchev–Trinajstić information content (AvgIpc) is 2.97. The van der Waals surface area contributed by atoms with Gasteiger partial charge in [-0.1, -0.05) is 47.5 Å². The number of aromatic nitrogens is 2. The van der Waals surface area contributed by atoms with Gasteiger partial charge in [-0.05, 0) is 30.7 Å². The molecule has 120 valence electrons. The Morgan fingerprint density at radius 2 is 1.79 bits per heavy atom. The monoisotopic (exact) mass is 357 g/mol. The summed E-state index contributed by atoms with van der Waals surface area (Å²) >= 11 is 12.4. The molecule has 0 bridgehead atoms. The molecule has 0 saturated carbocycles. The van der Waals surface area contributed by atoms with Crippen LogP contribution in [-0.4, -0.2) is 22.2 Å². The molecule has 0 saturated heterocycles. The zero-order chi connectivity index (χ0) is 16.7. The summed E-state index contributed by atoms with van der Waals surface area (Å²) < 4.78 is 1.75. The standard InChI is InChI=1S/C18H13Cl2N3O/c19-12-7-5-11(6-8-12)17-13-9-10-21-18(24)16(13)22-23(17)15-4-2-1-3-14(15)20/h1-8H,9-10H2,(H,21,24). The lowest BCUT2D eigenvalue weighted by molar-refractivity contribution is 0.0940. The van der Waals surface area contributed by atoms with Gasteiger partial charge in [-0.2, -0.15) is 5.10 Å². The topological polar surface area (TPSA) is 46.9 Å². The Hall–Kier alpha value is -2.30. The van der Waals surface area contributed by atoms with Crippen LogP contribution in [0.25, 0.3) is 16.9 Å². The van der Waals surface area contributed by atoms with Crippen molar-refractivity contribution in [2.45, 2.75) is 6.42 Å². The summed E-state index contributed by atoms with van der Waals surface area (Å²) in [5.74, 6) is -0.155. The molecule has 0 spiro atoms. The van der Waals surface area contributed by atoms with Crippen molar-refractivity contribution < 1.29 is 4.79 Å². The first kappa shape index (κ1) is 15.2. The molecule has 0 unspecified atom stereocenters. The molecule has 4 rings (SSSR count). The third-order valence-electron chi connectivity index (χ3n) is 4.06. The molecule has 1 N–H and O–H groups in total. The van der Waals surface area contributed by atoms with Crippen LogP contribution < -0.4 is 5.32 Å². The number of carbonyl (C=O) groups excluding carboxylic acids is 1. The van der Waals surface area contributed by atoms with Gasteiger partial charge in [-0.3, -0.25) is 4.79 Å². The number of rotatable bonds is 2. The van der Waals surface area contributed by atoms with Crippen LogP contribution in [0.5, 0.6) is 0 Å².